The highest BCUT2D eigenvalue weighted by atomic mass is 16.6. The molecule has 0 aromatic heterocycles. The molecule has 144 valence electrons. The average Bonchev–Trinajstić information content (AvgIpc) is 2.66. The molecule has 0 atom stereocenters. The molecule has 2 N–H and O–H groups in total. The van der Waals surface area contributed by atoms with Crippen LogP contribution in [0, 0.1) is 10.1 Å². The lowest BCUT2D eigenvalue weighted by molar-refractivity contribution is -0.384. The van der Waals surface area contributed by atoms with Crippen LogP contribution in [0.4, 0.5) is 11.4 Å². The molecule has 0 spiro atoms. The molecule has 2 aromatic carbocycles. The fourth-order valence-corrected chi connectivity index (χ4v) is 2.37. The van der Waals surface area contributed by atoms with Gasteiger partial charge in [0.2, 0.25) is 0 Å². The standard InChI is InChI=1S/C19H24N4O4/c1-20-17-9-6-15(12-18(17)23(25)26)19(24)21-13-14-4-7-16(8-5-14)27-11-10-22(2)3/h4-9,12,20H,10-11,13H2,1-3H3,(H,21,24). The Kier molecular flexibility index (Phi) is 7.13. The van der Waals surface area contributed by atoms with Crippen LogP contribution in [0.3, 0.4) is 0 Å². The molecule has 8 nitrogen and oxygen atoms in total. The molecule has 0 radical (unpaired) electrons. The number of anilines is 1. The normalized spacial score (nSPS) is 10.5. The molecule has 0 aliphatic rings. The summed E-state index contributed by atoms with van der Waals surface area (Å²) in [6, 6.07) is 11.8. The molecule has 2 aromatic rings. The molecule has 0 saturated carbocycles. The van der Waals surface area contributed by atoms with Crippen molar-refractivity contribution in [3.05, 3.63) is 63.7 Å². The summed E-state index contributed by atoms with van der Waals surface area (Å²) in [6.07, 6.45) is 0. The summed E-state index contributed by atoms with van der Waals surface area (Å²) in [5, 5.41) is 16.6. The Bertz CT molecular complexity index is 791. The zero-order valence-corrected chi connectivity index (χ0v) is 15.7. The predicted molar refractivity (Wildman–Crippen MR) is 104 cm³/mol. The van der Waals surface area contributed by atoms with Crippen molar-refractivity contribution < 1.29 is 14.5 Å². The Morgan fingerprint density at radius 3 is 2.48 bits per heavy atom. The van der Waals surface area contributed by atoms with Gasteiger partial charge in [-0.1, -0.05) is 12.1 Å². The van der Waals surface area contributed by atoms with Gasteiger partial charge in [0, 0.05) is 31.8 Å². The quantitative estimate of drug-likeness (QED) is 0.519. The number of carbonyl (C=O) groups excluding carboxylic acids is 1. The SMILES string of the molecule is CNc1ccc(C(=O)NCc2ccc(OCCN(C)C)cc2)cc1[N+](=O)[O-]. The second kappa shape index (κ2) is 9.54. The molecule has 0 bridgehead atoms. The van der Waals surface area contributed by atoms with E-state index in [0.29, 0.717) is 18.8 Å². The minimum absolute atomic E-state index is 0.135. The van der Waals surface area contributed by atoms with E-state index in [1.807, 2.05) is 43.3 Å². The van der Waals surface area contributed by atoms with E-state index in [1.54, 1.807) is 13.1 Å². The molecule has 0 aliphatic heterocycles. The molecule has 0 aliphatic carbocycles. The Morgan fingerprint density at radius 2 is 1.89 bits per heavy atom. The number of hydrogen-bond acceptors (Lipinski definition) is 6. The number of likely N-dealkylation sites (N-methyl/N-ethyl adjacent to an activating group) is 1. The molecule has 0 fully saturated rings. The van der Waals surface area contributed by atoms with Crippen molar-refractivity contribution in [3.8, 4) is 5.75 Å². The molecule has 27 heavy (non-hydrogen) atoms. The van der Waals surface area contributed by atoms with Crippen molar-refractivity contribution in [1.82, 2.24) is 10.2 Å². The van der Waals surface area contributed by atoms with E-state index < -0.39 is 4.92 Å². The minimum Gasteiger partial charge on any atom is -0.492 e. The number of carbonyl (C=O) groups is 1. The van der Waals surface area contributed by atoms with Gasteiger partial charge in [-0.2, -0.15) is 0 Å². The summed E-state index contributed by atoms with van der Waals surface area (Å²) in [4.78, 5) is 24.9. The number of nitrogens with zero attached hydrogens (tertiary/aromatic N) is 2. The van der Waals surface area contributed by atoms with Gasteiger partial charge in [-0.15, -0.1) is 0 Å². The smallest absolute Gasteiger partial charge is 0.293 e. The van der Waals surface area contributed by atoms with Crippen molar-refractivity contribution in [2.24, 2.45) is 0 Å². The van der Waals surface area contributed by atoms with Gasteiger partial charge in [-0.05, 0) is 43.9 Å². The maximum Gasteiger partial charge on any atom is 0.293 e. The lowest BCUT2D eigenvalue weighted by Gasteiger charge is -2.11. The highest BCUT2D eigenvalue weighted by Gasteiger charge is 2.16. The first-order valence-corrected chi connectivity index (χ1v) is 8.51. The van der Waals surface area contributed by atoms with Crippen LogP contribution in [0.25, 0.3) is 0 Å². The molecule has 1 amide bonds. The van der Waals surface area contributed by atoms with Crippen LogP contribution in [0.5, 0.6) is 5.75 Å². The molecule has 0 unspecified atom stereocenters. The number of nitro groups is 1. The molecular formula is C19H24N4O4. The van der Waals surface area contributed by atoms with E-state index >= 15 is 0 Å². The summed E-state index contributed by atoms with van der Waals surface area (Å²) in [6.45, 7) is 1.75. The van der Waals surface area contributed by atoms with E-state index in [-0.39, 0.29) is 17.2 Å². The second-order valence-corrected chi connectivity index (χ2v) is 6.22. The Hall–Kier alpha value is -3.13. The minimum atomic E-state index is -0.516. The molecule has 2 rings (SSSR count). The number of hydrogen-bond donors (Lipinski definition) is 2. The Morgan fingerprint density at radius 1 is 1.19 bits per heavy atom. The zero-order chi connectivity index (χ0) is 19.8. The number of rotatable bonds is 9. The van der Waals surface area contributed by atoms with Crippen molar-refractivity contribution in [3.63, 3.8) is 0 Å². The van der Waals surface area contributed by atoms with Crippen molar-refractivity contribution >= 4 is 17.3 Å². The summed E-state index contributed by atoms with van der Waals surface area (Å²) < 4.78 is 5.63. The fraction of sp³-hybridized carbons (Fsp3) is 0.316. The van der Waals surface area contributed by atoms with Crippen LogP contribution >= 0.6 is 0 Å². The van der Waals surface area contributed by atoms with Crippen LogP contribution in [-0.2, 0) is 6.54 Å². The van der Waals surface area contributed by atoms with Crippen molar-refractivity contribution in [2.45, 2.75) is 6.54 Å². The van der Waals surface area contributed by atoms with Gasteiger partial charge in [0.15, 0.2) is 0 Å². The third kappa shape index (κ3) is 5.96. The Labute approximate surface area is 158 Å². The van der Waals surface area contributed by atoms with Crippen LogP contribution in [0.1, 0.15) is 15.9 Å². The van der Waals surface area contributed by atoms with Crippen molar-refractivity contribution in [2.75, 3.05) is 39.6 Å². The predicted octanol–water partition coefficient (Wildman–Crippen LogP) is 2.51. The number of ether oxygens (including phenoxy) is 1. The summed E-state index contributed by atoms with van der Waals surface area (Å²) >= 11 is 0. The maximum atomic E-state index is 12.3. The zero-order valence-electron chi connectivity index (χ0n) is 15.7. The molecule has 0 heterocycles. The molecular weight excluding hydrogens is 348 g/mol. The highest BCUT2D eigenvalue weighted by Crippen LogP contribution is 2.25. The summed E-state index contributed by atoms with van der Waals surface area (Å²) in [5.41, 5.74) is 1.37. The number of nitro benzene ring substituents is 1. The van der Waals surface area contributed by atoms with E-state index in [4.69, 9.17) is 4.74 Å². The monoisotopic (exact) mass is 372 g/mol. The Balaban J connectivity index is 1.93. The topological polar surface area (TPSA) is 96.7 Å². The van der Waals surface area contributed by atoms with Crippen LogP contribution in [0.2, 0.25) is 0 Å². The van der Waals surface area contributed by atoms with Gasteiger partial charge < -0.3 is 20.3 Å². The lowest BCUT2D eigenvalue weighted by Crippen LogP contribution is -2.23. The van der Waals surface area contributed by atoms with E-state index in [2.05, 4.69) is 10.6 Å². The molecule has 0 saturated heterocycles. The summed E-state index contributed by atoms with van der Waals surface area (Å²) in [5.74, 6) is 0.400. The summed E-state index contributed by atoms with van der Waals surface area (Å²) in [7, 11) is 5.56. The number of nitrogens with one attached hydrogen (secondary N) is 2. The second-order valence-electron chi connectivity index (χ2n) is 6.22. The number of benzene rings is 2. The van der Waals surface area contributed by atoms with Gasteiger partial charge in [0.05, 0.1) is 4.92 Å². The fourth-order valence-electron chi connectivity index (χ4n) is 2.37. The largest absolute Gasteiger partial charge is 0.492 e. The van der Waals surface area contributed by atoms with E-state index in [1.165, 1.54) is 12.1 Å². The number of amides is 1. The van der Waals surface area contributed by atoms with Crippen LogP contribution in [-0.4, -0.2) is 50.0 Å². The lowest BCUT2D eigenvalue weighted by atomic mass is 10.1. The first-order chi connectivity index (χ1) is 12.9. The van der Waals surface area contributed by atoms with Gasteiger partial charge in [0.1, 0.15) is 18.0 Å². The van der Waals surface area contributed by atoms with Gasteiger partial charge >= 0.3 is 0 Å². The van der Waals surface area contributed by atoms with Crippen LogP contribution < -0.4 is 15.4 Å². The highest BCUT2D eigenvalue weighted by molar-refractivity contribution is 5.95. The van der Waals surface area contributed by atoms with Gasteiger partial charge in [0.25, 0.3) is 11.6 Å². The average molecular weight is 372 g/mol. The van der Waals surface area contributed by atoms with Crippen LogP contribution in [0.15, 0.2) is 42.5 Å². The van der Waals surface area contributed by atoms with E-state index in [9.17, 15) is 14.9 Å². The van der Waals surface area contributed by atoms with Gasteiger partial charge in [-0.25, -0.2) is 0 Å². The third-order valence-corrected chi connectivity index (χ3v) is 3.91. The van der Waals surface area contributed by atoms with Gasteiger partial charge in [-0.3, -0.25) is 14.9 Å². The van der Waals surface area contributed by atoms with Crippen molar-refractivity contribution in [1.29, 1.82) is 0 Å². The molecule has 8 heteroatoms. The first-order valence-electron chi connectivity index (χ1n) is 8.51. The third-order valence-electron chi connectivity index (χ3n) is 3.91. The maximum absolute atomic E-state index is 12.3. The first kappa shape index (κ1) is 20.2. The van der Waals surface area contributed by atoms with E-state index in [0.717, 1.165) is 17.9 Å².